The zero-order valence-electron chi connectivity index (χ0n) is 12.6. The molecule has 1 aromatic rings. The lowest BCUT2D eigenvalue weighted by molar-refractivity contribution is -0.152. The molecule has 1 fully saturated rings. The van der Waals surface area contributed by atoms with Crippen LogP contribution in [0.1, 0.15) is 38.2 Å². The highest BCUT2D eigenvalue weighted by atomic mass is 16.4. The standard InChI is InChI=1S/C18H23NO2/c1-2-10-18(17(20)21)11-14-19(15-12-18)13-6-9-16-7-4-3-5-8-16/h3-5,7-8H,2,10-15H2,1H3,(H,20,21). The van der Waals surface area contributed by atoms with E-state index in [1.54, 1.807) is 0 Å². The molecule has 0 aliphatic carbocycles. The van der Waals surface area contributed by atoms with Crippen LogP contribution in [-0.2, 0) is 4.79 Å². The molecule has 3 nitrogen and oxygen atoms in total. The Morgan fingerprint density at radius 2 is 1.95 bits per heavy atom. The van der Waals surface area contributed by atoms with Crippen molar-refractivity contribution in [2.24, 2.45) is 5.41 Å². The monoisotopic (exact) mass is 285 g/mol. The second-order valence-electron chi connectivity index (χ2n) is 5.78. The number of carboxylic acid groups (broad SMARTS) is 1. The minimum atomic E-state index is -0.626. The van der Waals surface area contributed by atoms with E-state index >= 15 is 0 Å². The number of aliphatic carboxylic acids is 1. The van der Waals surface area contributed by atoms with Gasteiger partial charge in [0, 0.05) is 18.7 Å². The van der Waals surface area contributed by atoms with Crippen LogP contribution < -0.4 is 0 Å². The molecule has 0 radical (unpaired) electrons. The van der Waals surface area contributed by atoms with Crippen molar-refractivity contribution >= 4 is 5.97 Å². The topological polar surface area (TPSA) is 40.5 Å². The van der Waals surface area contributed by atoms with E-state index in [-0.39, 0.29) is 0 Å². The van der Waals surface area contributed by atoms with Gasteiger partial charge in [0.15, 0.2) is 0 Å². The Morgan fingerprint density at radius 1 is 1.29 bits per heavy atom. The number of likely N-dealkylation sites (tertiary alicyclic amines) is 1. The molecule has 1 saturated heterocycles. The van der Waals surface area contributed by atoms with Gasteiger partial charge < -0.3 is 5.11 Å². The second kappa shape index (κ2) is 7.28. The number of benzene rings is 1. The van der Waals surface area contributed by atoms with Crippen LogP contribution in [0, 0.1) is 17.3 Å². The molecule has 0 spiro atoms. The molecule has 0 bridgehead atoms. The maximum atomic E-state index is 11.5. The largest absolute Gasteiger partial charge is 0.481 e. The zero-order chi connectivity index (χ0) is 15.1. The fourth-order valence-electron chi connectivity index (χ4n) is 2.96. The number of hydrogen-bond acceptors (Lipinski definition) is 2. The number of carbonyl (C=O) groups is 1. The summed E-state index contributed by atoms with van der Waals surface area (Å²) in [5.41, 5.74) is 0.526. The van der Waals surface area contributed by atoms with Gasteiger partial charge in [-0.25, -0.2) is 0 Å². The van der Waals surface area contributed by atoms with Crippen LogP contribution in [0.5, 0.6) is 0 Å². The first-order chi connectivity index (χ1) is 10.2. The van der Waals surface area contributed by atoms with Gasteiger partial charge in [0.05, 0.1) is 12.0 Å². The lowest BCUT2D eigenvalue weighted by atomic mass is 9.75. The van der Waals surface area contributed by atoms with E-state index in [4.69, 9.17) is 0 Å². The third-order valence-electron chi connectivity index (χ3n) is 4.30. The Kier molecular flexibility index (Phi) is 5.41. The van der Waals surface area contributed by atoms with Gasteiger partial charge in [0.1, 0.15) is 0 Å². The van der Waals surface area contributed by atoms with Crippen LogP contribution >= 0.6 is 0 Å². The van der Waals surface area contributed by atoms with E-state index < -0.39 is 11.4 Å². The molecule has 0 aromatic heterocycles. The van der Waals surface area contributed by atoms with E-state index in [9.17, 15) is 9.90 Å². The molecular weight excluding hydrogens is 262 g/mol. The highest BCUT2D eigenvalue weighted by Crippen LogP contribution is 2.36. The van der Waals surface area contributed by atoms with E-state index in [0.717, 1.165) is 50.9 Å². The number of nitrogens with zero attached hydrogens (tertiary/aromatic N) is 1. The maximum absolute atomic E-state index is 11.5. The van der Waals surface area contributed by atoms with Gasteiger partial charge in [0.25, 0.3) is 0 Å². The van der Waals surface area contributed by atoms with Crippen molar-refractivity contribution in [1.82, 2.24) is 4.90 Å². The lowest BCUT2D eigenvalue weighted by Crippen LogP contribution is -2.44. The van der Waals surface area contributed by atoms with Gasteiger partial charge >= 0.3 is 5.97 Å². The number of hydrogen-bond donors (Lipinski definition) is 1. The molecule has 0 unspecified atom stereocenters. The zero-order valence-corrected chi connectivity index (χ0v) is 12.6. The van der Waals surface area contributed by atoms with Crippen LogP contribution in [0.4, 0.5) is 0 Å². The molecule has 21 heavy (non-hydrogen) atoms. The Morgan fingerprint density at radius 3 is 2.52 bits per heavy atom. The summed E-state index contributed by atoms with van der Waals surface area (Å²) >= 11 is 0. The van der Waals surface area contributed by atoms with E-state index in [1.807, 2.05) is 30.3 Å². The minimum Gasteiger partial charge on any atom is -0.481 e. The van der Waals surface area contributed by atoms with Gasteiger partial charge in [-0.1, -0.05) is 43.4 Å². The van der Waals surface area contributed by atoms with E-state index in [0.29, 0.717) is 0 Å². The molecule has 1 aliphatic rings. The first-order valence-corrected chi connectivity index (χ1v) is 7.66. The van der Waals surface area contributed by atoms with Gasteiger partial charge in [-0.15, -0.1) is 0 Å². The van der Waals surface area contributed by atoms with Gasteiger partial charge in [-0.05, 0) is 31.4 Å². The maximum Gasteiger partial charge on any atom is 0.309 e. The average molecular weight is 285 g/mol. The van der Waals surface area contributed by atoms with Crippen molar-refractivity contribution in [3.05, 3.63) is 35.9 Å². The summed E-state index contributed by atoms with van der Waals surface area (Å²) in [5, 5.41) is 9.48. The Labute approximate surface area is 127 Å². The van der Waals surface area contributed by atoms with Gasteiger partial charge in [-0.3, -0.25) is 9.69 Å². The summed E-state index contributed by atoms with van der Waals surface area (Å²) in [7, 11) is 0. The smallest absolute Gasteiger partial charge is 0.309 e. The predicted octanol–water partition coefficient (Wildman–Crippen LogP) is 3.01. The quantitative estimate of drug-likeness (QED) is 0.865. The van der Waals surface area contributed by atoms with E-state index in [2.05, 4.69) is 23.7 Å². The molecule has 0 saturated carbocycles. The summed E-state index contributed by atoms with van der Waals surface area (Å²) in [6, 6.07) is 9.95. The minimum absolute atomic E-state index is 0.502. The molecule has 1 heterocycles. The van der Waals surface area contributed by atoms with Crippen molar-refractivity contribution in [3.63, 3.8) is 0 Å². The normalized spacial score (nSPS) is 17.8. The van der Waals surface area contributed by atoms with Gasteiger partial charge in [-0.2, -0.15) is 0 Å². The Hall–Kier alpha value is -1.79. The average Bonchev–Trinajstić information content (AvgIpc) is 2.50. The highest BCUT2D eigenvalue weighted by molar-refractivity contribution is 5.74. The number of rotatable bonds is 4. The molecule has 2 rings (SSSR count). The fraction of sp³-hybridized carbons (Fsp3) is 0.500. The van der Waals surface area contributed by atoms with Crippen molar-refractivity contribution in [3.8, 4) is 11.8 Å². The van der Waals surface area contributed by atoms with Gasteiger partial charge in [0.2, 0.25) is 0 Å². The fourth-order valence-corrected chi connectivity index (χ4v) is 2.96. The third-order valence-corrected chi connectivity index (χ3v) is 4.30. The summed E-state index contributed by atoms with van der Waals surface area (Å²) < 4.78 is 0. The van der Waals surface area contributed by atoms with Crippen molar-refractivity contribution in [2.75, 3.05) is 19.6 Å². The summed E-state index contributed by atoms with van der Waals surface area (Å²) in [5.74, 6) is 5.72. The predicted molar refractivity (Wildman–Crippen MR) is 84.0 cm³/mol. The molecular formula is C18H23NO2. The first kappa shape index (κ1) is 15.6. The molecule has 3 heteroatoms. The molecule has 1 aliphatic heterocycles. The number of piperidine rings is 1. The summed E-state index contributed by atoms with van der Waals surface area (Å²) in [6.45, 7) is 4.44. The molecule has 0 atom stereocenters. The van der Waals surface area contributed by atoms with Crippen LogP contribution in [0.15, 0.2) is 30.3 Å². The number of carboxylic acids is 1. The summed E-state index contributed by atoms with van der Waals surface area (Å²) in [6.07, 6.45) is 3.19. The third kappa shape index (κ3) is 4.09. The molecule has 0 amide bonds. The van der Waals surface area contributed by atoms with Crippen molar-refractivity contribution in [1.29, 1.82) is 0 Å². The highest BCUT2D eigenvalue weighted by Gasteiger charge is 2.40. The van der Waals surface area contributed by atoms with Crippen LogP contribution in [-0.4, -0.2) is 35.6 Å². The van der Waals surface area contributed by atoms with E-state index in [1.165, 1.54) is 0 Å². The Bertz CT molecular complexity index is 519. The second-order valence-corrected chi connectivity index (χ2v) is 5.78. The van der Waals surface area contributed by atoms with Crippen LogP contribution in [0.3, 0.4) is 0 Å². The SMILES string of the molecule is CCCC1(C(=O)O)CCN(CC#Cc2ccccc2)CC1. The van der Waals surface area contributed by atoms with Crippen LogP contribution in [0.25, 0.3) is 0 Å². The molecule has 1 aromatic carbocycles. The van der Waals surface area contributed by atoms with Crippen LogP contribution in [0.2, 0.25) is 0 Å². The van der Waals surface area contributed by atoms with Crippen molar-refractivity contribution in [2.45, 2.75) is 32.6 Å². The molecule has 112 valence electrons. The Balaban J connectivity index is 1.87. The first-order valence-electron chi connectivity index (χ1n) is 7.66. The molecule has 1 N–H and O–H groups in total. The van der Waals surface area contributed by atoms with Crippen molar-refractivity contribution < 1.29 is 9.90 Å². The lowest BCUT2D eigenvalue weighted by Gasteiger charge is -2.38. The summed E-state index contributed by atoms with van der Waals surface area (Å²) in [4.78, 5) is 13.8.